The fourth-order valence-corrected chi connectivity index (χ4v) is 2.82. The van der Waals surface area contributed by atoms with Gasteiger partial charge in [0.25, 0.3) is 0 Å². The van der Waals surface area contributed by atoms with Crippen LogP contribution >= 0.6 is 23.7 Å². The molecule has 2 rings (SSSR count). The van der Waals surface area contributed by atoms with Crippen molar-refractivity contribution < 1.29 is 14.3 Å². The molecule has 24 heavy (non-hydrogen) atoms. The summed E-state index contributed by atoms with van der Waals surface area (Å²) >= 11 is 1.65. The zero-order valence-corrected chi connectivity index (χ0v) is 15.5. The molecule has 0 spiro atoms. The number of nitrogens with two attached hydrogens (primary N) is 1. The SMILES string of the molecule is CCN(Cc1ccc(OCc2cccs2)c(OC)c1)C(=O)CN.Cl. The summed E-state index contributed by atoms with van der Waals surface area (Å²) < 4.78 is 11.2. The molecular weight excluding hydrogens is 348 g/mol. The van der Waals surface area contributed by atoms with Crippen molar-refractivity contribution in [3.63, 3.8) is 0 Å². The van der Waals surface area contributed by atoms with E-state index in [0.717, 1.165) is 10.4 Å². The molecule has 0 bridgehead atoms. The van der Waals surface area contributed by atoms with E-state index < -0.39 is 0 Å². The maximum atomic E-state index is 11.7. The normalized spacial score (nSPS) is 9.96. The molecule has 2 N–H and O–H groups in total. The van der Waals surface area contributed by atoms with Crippen LogP contribution in [0.25, 0.3) is 0 Å². The van der Waals surface area contributed by atoms with Gasteiger partial charge in [0.05, 0.1) is 13.7 Å². The fourth-order valence-electron chi connectivity index (χ4n) is 2.20. The van der Waals surface area contributed by atoms with Crippen LogP contribution in [-0.4, -0.2) is 31.0 Å². The van der Waals surface area contributed by atoms with Crippen molar-refractivity contribution in [2.24, 2.45) is 5.73 Å². The van der Waals surface area contributed by atoms with Gasteiger partial charge < -0.3 is 20.1 Å². The Labute approximate surface area is 152 Å². The molecule has 1 aromatic carbocycles. The van der Waals surface area contributed by atoms with E-state index in [1.807, 2.05) is 42.6 Å². The van der Waals surface area contributed by atoms with Crippen LogP contribution in [0.5, 0.6) is 11.5 Å². The van der Waals surface area contributed by atoms with Gasteiger partial charge in [-0.05, 0) is 36.1 Å². The number of rotatable bonds is 8. The summed E-state index contributed by atoms with van der Waals surface area (Å²) in [6.45, 7) is 3.60. The summed E-state index contributed by atoms with van der Waals surface area (Å²) in [6.07, 6.45) is 0. The molecule has 0 fully saturated rings. The summed E-state index contributed by atoms with van der Waals surface area (Å²) in [6, 6.07) is 9.75. The Morgan fingerprint density at radius 3 is 2.67 bits per heavy atom. The summed E-state index contributed by atoms with van der Waals surface area (Å²) in [7, 11) is 1.61. The van der Waals surface area contributed by atoms with Crippen molar-refractivity contribution >= 4 is 29.7 Å². The number of halogens is 1. The molecular formula is C17H23ClN2O3S. The topological polar surface area (TPSA) is 64.8 Å². The largest absolute Gasteiger partial charge is 0.493 e. The van der Waals surface area contributed by atoms with Crippen LogP contribution < -0.4 is 15.2 Å². The number of nitrogens with zero attached hydrogens (tertiary/aromatic N) is 1. The minimum absolute atomic E-state index is 0. The Morgan fingerprint density at radius 2 is 2.08 bits per heavy atom. The quantitative estimate of drug-likeness (QED) is 0.775. The van der Waals surface area contributed by atoms with Gasteiger partial charge in [-0.1, -0.05) is 12.1 Å². The molecule has 0 atom stereocenters. The first-order valence-electron chi connectivity index (χ1n) is 7.47. The molecule has 132 valence electrons. The Morgan fingerprint density at radius 1 is 1.29 bits per heavy atom. The summed E-state index contributed by atoms with van der Waals surface area (Å²) in [5.74, 6) is 1.29. The third kappa shape index (κ3) is 5.40. The van der Waals surface area contributed by atoms with Crippen molar-refractivity contribution in [2.45, 2.75) is 20.1 Å². The third-order valence-corrected chi connectivity index (χ3v) is 4.31. The molecule has 0 aliphatic carbocycles. The van der Waals surface area contributed by atoms with E-state index >= 15 is 0 Å². The van der Waals surface area contributed by atoms with Crippen molar-refractivity contribution in [3.05, 3.63) is 46.2 Å². The molecule has 0 aliphatic heterocycles. The lowest BCUT2D eigenvalue weighted by molar-refractivity contribution is -0.130. The number of ether oxygens (including phenoxy) is 2. The highest BCUT2D eigenvalue weighted by Gasteiger charge is 2.12. The second kappa shape index (κ2) is 10.2. The van der Waals surface area contributed by atoms with E-state index in [1.165, 1.54) is 0 Å². The Balaban J connectivity index is 0.00000288. The second-order valence-corrected chi connectivity index (χ2v) is 6.00. The monoisotopic (exact) mass is 370 g/mol. The number of amides is 1. The molecule has 0 radical (unpaired) electrons. The van der Waals surface area contributed by atoms with E-state index in [-0.39, 0.29) is 24.9 Å². The molecule has 0 saturated carbocycles. The number of thiophene rings is 1. The van der Waals surface area contributed by atoms with E-state index in [9.17, 15) is 4.79 Å². The van der Waals surface area contributed by atoms with Crippen LogP contribution in [0.4, 0.5) is 0 Å². The predicted octanol–water partition coefficient (Wildman–Crippen LogP) is 3.06. The van der Waals surface area contributed by atoms with Crippen molar-refractivity contribution in [2.75, 3.05) is 20.2 Å². The van der Waals surface area contributed by atoms with Gasteiger partial charge in [0.2, 0.25) is 5.91 Å². The Kier molecular flexibility index (Phi) is 8.60. The van der Waals surface area contributed by atoms with Crippen LogP contribution in [0.1, 0.15) is 17.4 Å². The number of likely N-dealkylation sites (N-methyl/N-ethyl adjacent to an activating group) is 1. The number of hydrogen-bond acceptors (Lipinski definition) is 5. The van der Waals surface area contributed by atoms with Gasteiger partial charge in [0, 0.05) is 18.0 Å². The highest BCUT2D eigenvalue weighted by atomic mass is 35.5. The number of methoxy groups -OCH3 is 1. The van der Waals surface area contributed by atoms with Gasteiger partial charge >= 0.3 is 0 Å². The van der Waals surface area contributed by atoms with Crippen LogP contribution in [0, 0.1) is 0 Å². The number of carbonyl (C=O) groups excluding carboxylic acids is 1. The molecule has 0 saturated heterocycles. The fraction of sp³-hybridized carbons (Fsp3) is 0.353. The summed E-state index contributed by atoms with van der Waals surface area (Å²) in [5.41, 5.74) is 6.41. The minimum Gasteiger partial charge on any atom is -0.493 e. The highest BCUT2D eigenvalue weighted by molar-refractivity contribution is 7.09. The van der Waals surface area contributed by atoms with Crippen LogP contribution in [0.15, 0.2) is 35.7 Å². The van der Waals surface area contributed by atoms with Crippen molar-refractivity contribution in [1.82, 2.24) is 4.90 Å². The Bertz CT molecular complexity index is 635. The standard InChI is InChI=1S/C17H22N2O3S.ClH/c1-3-19(17(20)10-18)11-13-6-7-15(16(9-13)21-2)22-12-14-5-4-8-23-14;/h4-9H,3,10-12,18H2,1-2H3;1H. The van der Waals surface area contributed by atoms with E-state index in [1.54, 1.807) is 23.3 Å². The lowest BCUT2D eigenvalue weighted by Gasteiger charge is -2.21. The molecule has 1 aromatic heterocycles. The van der Waals surface area contributed by atoms with Gasteiger partial charge in [-0.2, -0.15) is 0 Å². The molecule has 1 heterocycles. The van der Waals surface area contributed by atoms with E-state index in [0.29, 0.717) is 31.2 Å². The lowest BCUT2D eigenvalue weighted by Crippen LogP contribution is -2.35. The molecule has 0 aliphatic rings. The minimum atomic E-state index is -0.0653. The first kappa shape index (κ1) is 20.3. The zero-order valence-electron chi connectivity index (χ0n) is 13.9. The summed E-state index contributed by atoms with van der Waals surface area (Å²) in [5, 5.41) is 2.02. The van der Waals surface area contributed by atoms with Gasteiger partial charge in [0.15, 0.2) is 11.5 Å². The maximum absolute atomic E-state index is 11.7. The second-order valence-electron chi connectivity index (χ2n) is 4.97. The van der Waals surface area contributed by atoms with Crippen molar-refractivity contribution in [3.8, 4) is 11.5 Å². The number of hydrogen-bond donors (Lipinski definition) is 1. The average molecular weight is 371 g/mol. The van der Waals surface area contributed by atoms with Gasteiger partial charge in [-0.25, -0.2) is 0 Å². The molecule has 2 aromatic rings. The predicted molar refractivity (Wildman–Crippen MR) is 99.0 cm³/mol. The average Bonchev–Trinajstić information content (AvgIpc) is 3.11. The van der Waals surface area contributed by atoms with Gasteiger partial charge in [0.1, 0.15) is 6.61 Å². The molecule has 1 amide bonds. The highest BCUT2D eigenvalue weighted by Crippen LogP contribution is 2.29. The van der Waals surface area contributed by atoms with Crippen LogP contribution in [0.3, 0.4) is 0 Å². The summed E-state index contributed by atoms with van der Waals surface area (Å²) in [4.78, 5) is 14.6. The molecule has 7 heteroatoms. The third-order valence-electron chi connectivity index (χ3n) is 3.46. The number of benzene rings is 1. The van der Waals surface area contributed by atoms with Gasteiger partial charge in [-0.15, -0.1) is 23.7 Å². The Hall–Kier alpha value is -1.76. The smallest absolute Gasteiger partial charge is 0.236 e. The zero-order chi connectivity index (χ0) is 16.7. The lowest BCUT2D eigenvalue weighted by atomic mass is 10.2. The maximum Gasteiger partial charge on any atom is 0.236 e. The molecule has 0 unspecified atom stereocenters. The van der Waals surface area contributed by atoms with Crippen molar-refractivity contribution in [1.29, 1.82) is 0 Å². The first-order chi connectivity index (χ1) is 11.2. The van der Waals surface area contributed by atoms with Crippen LogP contribution in [-0.2, 0) is 17.9 Å². The van der Waals surface area contributed by atoms with E-state index in [2.05, 4.69) is 0 Å². The number of carbonyl (C=O) groups is 1. The van der Waals surface area contributed by atoms with Crippen LogP contribution in [0.2, 0.25) is 0 Å². The molecule has 5 nitrogen and oxygen atoms in total. The van der Waals surface area contributed by atoms with E-state index in [4.69, 9.17) is 15.2 Å². The first-order valence-corrected chi connectivity index (χ1v) is 8.35. The van der Waals surface area contributed by atoms with Gasteiger partial charge in [-0.3, -0.25) is 4.79 Å².